The summed E-state index contributed by atoms with van der Waals surface area (Å²) in [6, 6.07) is 0. The van der Waals surface area contributed by atoms with Gasteiger partial charge >= 0.3 is 23.9 Å². The van der Waals surface area contributed by atoms with Crippen molar-refractivity contribution in [3.05, 3.63) is 0 Å². The normalized spacial score (nSPS) is 11.3. The maximum Gasteiger partial charge on any atom is 0.306 e. The average molecular weight is 532 g/mol. The van der Waals surface area contributed by atoms with E-state index in [0.29, 0.717) is 38.8 Å². The van der Waals surface area contributed by atoms with E-state index in [-0.39, 0.29) is 42.6 Å². The molecule has 0 aliphatic heterocycles. The molecule has 0 spiro atoms. The Balaban J connectivity index is 4.42. The first kappa shape index (κ1) is 34.8. The van der Waals surface area contributed by atoms with Crippen LogP contribution in [0.15, 0.2) is 0 Å². The number of hydrogen-bond donors (Lipinski definition) is 0. The van der Waals surface area contributed by atoms with Crippen LogP contribution in [0.5, 0.6) is 0 Å². The first-order chi connectivity index (χ1) is 17.6. The Morgan fingerprint density at radius 2 is 0.919 bits per heavy atom. The quantitative estimate of drug-likeness (QED) is 0.150. The van der Waals surface area contributed by atoms with Crippen molar-refractivity contribution >= 4 is 23.9 Å². The summed E-state index contributed by atoms with van der Waals surface area (Å²) in [7, 11) is 9.67. The van der Waals surface area contributed by atoms with Gasteiger partial charge in [0.05, 0.1) is 41.3 Å². The molecule has 11 nitrogen and oxygen atoms in total. The number of rotatable bonds is 22. The van der Waals surface area contributed by atoms with Crippen LogP contribution in [0.3, 0.4) is 0 Å². The second-order valence-corrected chi connectivity index (χ2v) is 9.34. The molecule has 0 amide bonds. The van der Waals surface area contributed by atoms with Gasteiger partial charge in [0, 0.05) is 39.0 Å². The molecule has 0 unspecified atom stereocenters. The predicted molar refractivity (Wildman–Crippen MR) is 140 cm³/mol. The van der Waals surface area contributed by atoms with Crippen molar-refractivity contribution in [1.82, 2.24) is 14.7 Å². The summed E-state index contributed by atoms with van der Waals surface area (Å²) in [6.07, 6.45) is 4.56. The molecule has 0 aromatic rings. The maximum atomic E-state index is 11.5. The van der Waals surface area contributed by atoms with Crippen molar-refractivity contribution < 1.29 is 38.1 Å². The van der Waals surface area contributed by atoms with Crippen LogP contribution >= 0.6 is 0 Å². The first-order valence-corrected chi connectivity index (χ1v) is 13.0. The molecule has 0 saturated heterocycles. The van der Waals surface area contributed by atoms with E-state index in [1.165, 1.54) is 28.4 Å². The Bertz CT molecular complexity index is 568. The van der Waals surface area contributed by atoms with Crippen LogP contribution in [0.4, 0.5) is 0 Å². The summed E-state index contributed by atoms with van der Waals surface area (Å²) in [6.45, 7) is 5.35. The third kappa shape index (κ3) is 19.5. The van der Waals surface area contributed by atoms with E-state index in [0.717, 1.165) is 45.6 Å². The minimum Gasteiger partial charge on any atom is -0.469 e. The first-order valence-electron chi connectivity index (χ1n) is 13.0. The number of hydrogen-bond acceptors (Lipinski definition) is 11. The van der Waals surface area contributed by atoms with E-state index in [9.17, 15) is 19.2 Å². The lowest BCUT2D eigenvalue weighted by atomic mass is 9.94. The van der Waals surface area contributed by atoms with Gasteiger partial charge in [-0.25, -0.2) is 0 Å². The van der Waals surface area contributed by atoms with Crippen LogP contribution in [0.25, 0.3) is 0 Å². The summed E-state index contributed by atoms with van der Waals surface area (Å²) in [5, 5.41) is 0. The molecule has 0 bridgehead atoms. The SMILES string of the molecule is COC(=O)CCC(CCC(=O)OC)CCN(C)CCCN(C)CCN(CCC(=O)OC)CCC(=O)OC. The second kappa shape index (κ2) is 21.8. The van der Waals surface area contributed by atoms with Crippen molar-refractivity contribution in [2.75, 3.05) is 88.3 Å². The van der Waals surface area contributed by atoms with Crippen molar-refractivity contribution in [2.45, 2.75) is 51.4 Å². The van der Waals surface area contributed by atoms with Crippen LogP contribution in [0.1, 0.15) is 51.4 Å². The van der Waals surface area contributed by atoms with Gasteiger partial charge in [-0.15, -0.1) is 0 Å². The summed E-state index contributed by atoms with van der Waals surface area (Å²) < 4.78 is 19.0. The second-order valence-electron chi connectivity index (χ2n) is 9.34. The van der Waals surface area contributed by atoms with Gasteiger partial charge in [0.15, 0.2) is 0 Å². The number of esters is 4. The smallest absolute Gasteiger partial charge is 0.306 e. The number of ether oxygens (including phenoxy) is 4. The Labute approximate surface area is 222 Å². The number of carbonyl (C=O) groups is 4. The average Bonchev–Trinajstić information content (AvgIpc) is 2.90. The predicted octanol–water partition coefficient (Wildman–Crippen LogP) is 1.58. The van der Waals surface area contributed by atoms with E-state index in [4.69, 9.17) is 18.9 Å². The molecule has 0 N–H and O–H groups in total. The highest BCUT2D eigenvalue weighted by Crippen LogP contribution is 2.19. The fourth-order valence-corrected chi connectivity index (χ4v) is 3.87. The van der Waals surface area contributed by atoms with Crippen molar-refractivity contribution in [3.8, 4) is 0 Å². The largest absolute Gasteiger partial charge is 0.469 e. The summed E-state index contributed by atoms with van der Waals surface area (Å²) >= 11 is 0. The van der Waals surface area contributed by atoms with Gasteiger partial charge in [0.25, 0.3) is 0 Å². The maximum absolute atomic E-state index is 11.5. The molecule has 11 heteroatoms. The van der Waals surface area contributed by atoms with E-state index in [1.54, 1.807) is 0 Å². The zero-order chi connectivity index (χ0) is 28.1. The Hall–Kier alpha value is -2.24. The Kier molecular flexibility index (Phi) is 20.5. The summed E-state index contributed by atoms with van der Waals surface area (Å²) in [5.74, 6) is -0.735. The van der Waals surface area contributed by atoms with Crippen LogP contribution in [-0.4, -0.2) is 127 Å². The molecule has 37 heavy (non-hydrogen) atoms. The number of carbonyl (C=O) groups excluding carboxylic acids is 4. The summed E-state index contributed by atoms with van der Waals surface area (Å²) in [4.78, 5) is 52.7. The molecule has 0 rings (SSSR count). The van der Waals surface area contributed by atoms with Crippen molar-refractivity contribution in [1.29, 1.82) is 0 Å². The van der Waals surface area contributed by atoms with Crippen LogP contribution in [-0.2, 0) is 38.1 Å². The van der Waals surface area contributed by atoms with Crippen molar-refractivity contribution in [2.24, 2.45) is 5.92 Å². The van der Waals surface area contributed by atoms with Gasteiger partial charge in [0.1, 0.15) is 0 Å². The molecule has 0 radical (unpaired) electrons. The lowest BCUT2D eigenvalue weighted by Gasteiger charge is -2.26. The van der Waals surface area contributed by atoms with Gasteiger partial charge in [-0.05, 0) is 65.3 Å². The third-order valence-corrected chi connectivity index (χ3v) is 6.49. The highest BCUT2D eigenvalue weighted by Gasteiger charge is 2.16. The minimum absolute atomic E-state index is 0.228. The highest BCUT2D eigenvalue weighted by atomic mass is 16.5. The molecule has 0 aliphatic carbocycles. The van der Waals surface area contributed by atoms with Gasteiger partial charge in [-0.3, -0.25) is 19.2 Å². The zero-order valence-corrected chi connectivity index (χ0v) is 23.8. The molecule has 0 saturated carbocycles. The van der Waals surface area contributed by atoms with Crippen LogP contribution < -0.4 is 0 Å². The van der Waals surface area contributed by atoms with E-state index in [2.05, 4.69) is 28.8 Å². The molecular formula is C26H49N3O8. The molecule has 0 atom stereocenters. The van der Waals surface area contributed by atoms with E-state index >= 15 is 0 Å². The standard InChI is InChI=1S/C26H49N3O8/c1-27(17-12-22(8-10-23(30)34-3)9-11-24(31)35-4)15-7-16-28(2)20-21-29(18-13-25(32)36-5)19-14-26(33)37-6/h22H,7-21H2,1-6H3. The monoisotopic (exact) mass is 531 g/mol. The van der Waals surface area contributed by atoms with Gasteiger partial charge in [-0.1, -0.05) is 0 Å². The number of likely N-dealkylation sites (N-methyl/N-ethyl adjacent to an activating group) is 1. The van der Waals surface area contributed by atoms with Crippen LogP contribution in [0, 0.1) is 5.92 Å². The molecule has 0 aromatic carbocycles. The lowest BCUT2D eigenvalue weighted by Crippen LogP contribution is -2.37. The minimum atomic E-state index is -0.266. The van der Waals surface area contributed by atoms with Crippen molar-refractivity contribution in [3.63, 3.8) is 0 Å². The van der Waals surface area contributed by atoms with Gasteiger partial charge < -0.3 is 33.6 Å². The molecular weight excluding hydrogens is 482 g/mol. The van der Waals surface area contributed by atoms with E-state index in [1.807, 2.05) is 0 Å². The fraction of sp³-hybridized carbons (Fsp3) is 0.846. The molecule has 0 fully saturated rings. The van der Waals surface area contributed by atoms with Gasteiger partial charge in [0.2, 0.25) is 0 Å². The lowest BCUT2D eigenvalue weighted by molar-refractivity contribution is -0.142. The van der Waals surface area contributed by atoms with Crippen LogP contribution in [0.2, 0.25) is 0 Å². The number of methoxy groups -OCH3 is 4. The molecule has 0 heterocycles. The highest BCUT2D eigenvalue weighted by molar-refractivity contribution is 5.70. The Morgan fingerprint density at radius 3 is 1.35 bits per heavy atom. The Morgan fingerprint density at radius 1 is 0.514 bits per heavy atom. The zero-order valence-electron chi connectivity index (χ0n) is 23.8. The summed E-state index contributed by atoms with van der Waals surface area (Å²) in [5.41, 5.74) is 0. The molecule has 0 aliphatic rings. The number of nitrogens with zero attached hydrogens (tertiary/aromatic N) is 3. The molecule has 0 aromatic heterocycles. The molecule has 216 valence electrons. The van der Waals surface area contributed by atoms with Gasteiger partial charge in [-0.2, -0.15) is 0 Å². The third-order valence-electron chi connectivity index (χ3n) is 6.49. The van der Waals surface area contributed by atoms with E-state index < -0.39 is 0 Å². The topological polar surface area (TPSA) is 115 Å². The fourth-order valence-electron chi connectivity index (χ4n) is 3.87.